The summed E-state index contributed by atoms with van der Waals surface area (Å²) in [5, 5.41) is 20.3. The fraction of sp³-hybridized carbons (Fsp3) is 0.111. The zero-order valence-electron chi connectivity index (χ0n) is 12.6. The fourth-order valence-electron chi connectivity index (χ4n) is 2.18. The van der Waals surface area contributed by atoms with Crippen molar-refractivity contribution in [2.75, 3.05) is 13.6 Å². The summed E-state index contributed by atoms with van der Waals surface area (Å²) >= 11 is 12.0. The number of hydrogen-bond donors (Lipinski definition) is 2. The molecule has 2 rings (SSSR count). The van der Waals surface area contributed by atoms with Crippen LogP contribution in [0.5, 0.6) is 0 Å². The predicted molar refractivity (Wildman–Crippen MR) is 96.7 cm³/mol. The van der Waals surface area contributed by atoms with Gasteiger partial charge in [0.2, 0.25) is 0 Å². The van der Waals surface area contributed by atoms with Crippen molar-refractivity contribution < 1.29 is 10.2 Å². The van der Waals surface area contributed by atoms with Crippen molar-refractivity contribution in [3.63, 3.8) is 0 Å². The monoisotopic (exact) mass is 349 g/mol. The molecule has 0 saturated carbocycles. The van der Waals surface area contributed by atoms with E-state index in [0.717, 1.165) is 11.1 Å². The molecule has 0 spiro atoms. The molecule has 0 fully saturated rings. The summed E-state index contributed by atoms with van der Waals surface area (Å²) in [6.07, 6.45) is 3.76. The number of rotatable bonds is 5. The minimum absolute atomic E-state index is 0.359. The topological polar surface area (TPSA) is 43.7 Å². The Balaban J connectivity index is 2.13. The Hall–Kier alpha value is -2.10. The van der Waals surface area contributed by atoms with Gasteiger partial charge in [-0.25, -0.2) is 0 Å². The van der Waals surface area contributed by atoms with E-state index in [4.69, 9.17) is 23.2 Å². The van der Waals surface area contributed by atoms with Crippen molar-refractivity contribution in [2.45, 2.75) is 0 Å². The van der Waals surface area contributed by atoms with Crippen LogP contribution in [-0.4, -0.2) is 28.7 Å². The van der Waals surface area contributed by atoms with Crippen LogP contribution in [0.25, 0.3) is 11.8 Å². The van der Waals surface area contributed by atoms with E-state index in [1.807, 2.05) is 48.6 Å². The lowest BCUT2D eigenvalue weighted by atomic mass is 10.1. The molecule has 0 bridgehead atoms. The molecule has 0 aliphatic rings. The molecule has 2 aromatic carbocycles. The molecule has 0 aliphatic heterocycles. The Morgan fingerprint density at radius 3 is 2.39 bits per heavy atom. The first-order valence-electron chi connectivity index (χ1n) is 6.99. The van der Waals surface area contributed by atoms with E-state index in [1.165, 1.54) is 0 Å². The van der Waals surface area contributed by atoms with Gasteiger partial charge in [0.1, 0.15) is 5.70 Å². The lowest BCUT2D eigenvalue weighted by molar-refractivity contribution is 0.186. The van der Waals surface area contributed by atoms with E-state index in [9.17, 15) is 10.2 Å². The summed E-state index contributed by atoms with van der Waals surface area (Å²) in [5.74, 6) is -0.711. The number of aliphatic hydroxyl groups is 2. The van der Waals surface area contributed by atoms with E-state index in [-0.39, 0.29) is 0 Å². The van der Waals surface area contributed by atoms with Gasteiger partial charge in [-0.05, 0) is 17.7 Å². The van der Waals surface area contributed by atoms with Crippen LogP contribution in [0.1, 0.15) is 11.1 Å². The zero-order valence-corrected chi connectivity index (χ0v) is 14.1. The molecule has 0 aromatic heterocycles. The normalized spacial score (nSPS) is 10.7. The molecular formula is C18H17Cl2NO2. The number of aliphatic hydroxyl groups excluding tert-OH is 1. The second-order valence-electron chi connectivity index (χ2n) is 4.99. The molecule has 0 saturated heterocycles. The zero-order chi connectivity index (χ0) is 16.8. The Bertz CT molecular complexity index is 723. The minimum Gasteiger partial charge on any atom is -0.480 e. The van der Waals surface area contributed by atoms with Crippen molar-refractivity contribution >= 4 is 35.0 Å². The highest BCUT2D eigenvalue weighted by Gasteiger charge is 2.12. The standard InChI is InChI=1S/C18H17Cl2NO2/c1-21(17(18(22)23)14-6-3-2-4-7-14)11-5-8-13-9-10-15(19)12-16(13)20/h2-10,12,22-23H,11H2,1H3/b8-5+. The molecule has 0 amide bonds. The average molecular weight is 350 g/mol. The summed E-state index contributed by atoms with van der Waals surface area (Å²) in [7, 11) is 1.78. The number of benzene rings is 2. The van der Waals surface area contributed by atoms with E-state index < -0.39 is 5.95 Å². The maximum atomic E-state index is 9.56. The summed E-state index contributed by atoms with van der Waals surface area (Å²) in [6, 6.07) is 14.5. The van der Waals surface area contributed by atoms with Crippen LogP contribution in [0.2, 0.25) is 10.0 Å². The van der Waals surface area contributed by atoms with Gasteiger partial charge in [-0.3, -0.25) is 0 Å². The van der Waals surface area contributed by atoms with E-state index >= 15 is 0 Å². The number of nitrogens with zero attached hydrogens (tertiary/aromatic N) is 1. The minimum atomic E-state index is -0.711. The van der Waals surface area contributed by atoms with E-state index in [1.54, 1.807) is 24.1 Å². The third kappa shape index (κ3) is 4.68. The van der Waals surface area contributed by atoms with Crippen molar-refractivity contribution in [1.82, 2.24) is 4.90 Å². The van der Waals surface area contributed by atoms with Gasteiger partial charge >= 0.3 is 0 Å². The smallest absolute Gasteiger partial charge is 0.299 e. The van der Waals surface area contributed by atoms with Crippen LogP contribution in [0.3, 0.4) is 0 Å². The summed E-state index contributed by atoms with van der Waals surface area (Å²) in [4.78, 5) is 1.74. The van der Waals surface area contributed by atoms with Crippen molar-refractivity contribution in [3.05, 3.63) is 81.7 Å². The summed E-state index contributed by atoms with van der Waals surface area (Å²) in [6.45, 7) is 0.480. The Labute approximate surface area is 145 Å². The molecule has 2 N–H and O–H groups in total. The summed E-state index contributed by atoms with van der Waals surface area (Å²) in [5.41, 5.74) is 1.94. The maximum Gasteiger partial charge on any atom is 0.299 e. The van der Waals surface area contributed by atoms with Gasteiger partial charge in [0.25, 0.3) is 5.95 Å². The van der Waals surface area contributed by atoms with Gasteiger partial charge in [-0.1, -0.05) is 71.8 Å². The largest absolute Gasteiger partial charge is 0.480 e. The van der Waals surface area contributed by atoms with E-state index in [2.05, 4.69) is 0 Å². The first-order chi connectivity index (χ1) is 11.0. The highest BCUT2D eigenvalue weighted by atomic mass is 35.5. The molecule has 0 heterocycles. The molecule has 0 unspecified atom stereocenters. The number of hydrogen-bond acceptors (Lipinski definition) is 3. The molecule has 3 nitrogen and oxygen atoms in total. The van der Waals surface area contributed by atoms with E-state index in [0.29, 0.717) is 22.3 Å². The van der Waals surface area contributed by atoms with Crippen molar-refractivity contribution in [1.29, 1.82) is 0 Å². The Morgan fingerprint density at radius 1 is 1.09 bits per heavy atom. The molecule has 0 aliphatic carbocycles. The van der Waals surface area contributed by atoms with Crippen LogP contribution in [0.4, 0.5) is 0 Å². The number of likely N-dealkylation sites (N-methyl/N-ethyl adjacent to an activating group) is 1. The number of halogens is 2. The lowest BCUT2D eigenvalue weighted by Gasteiger charge is -2.20. The molecular weight excluding hydrogens is 333 g/mol. The van der Waals surface area contributed by atoms with Crippen LogP contribution < -0.4 is 0 Å². The highest BCUT2D eigenvalue weighted by Crippen LogP contribution is 2.23. The first kappa shape index (κ1) is 17.3. The van der Waals surface area contributed by atoms with Gasteiger partial charge in [-0.15, -0.1) is 0 Å². The Morgan fingerprint density at radius 2 is 1.78 bits per heavy atom. The molecule has 0 radical (unpaired) electrons. The predicted octanol–water partition coefficient (Wildman–Crippen LogP) is 5.38. The maximum absolute atomic E-state index is 9.56. The van der Waals surface area contributed by atoms with Crippen LogP contribution in [0, 0.1) is 0 Å². The SMILES string of the molecule is CN(C/C=C/c1ccc(Cl)cc1Cl)C(=C(O)O)c1ccccc1. The van der Waals surface area contributed by atoms with Gasteiger partial charge in [0.15, 0.2) is 0 Å². The highest BCUT2D eigenvalue weighted by molar-refractivity contribution is 6.35. The van der Waals surface area contributed by atoms with Gasteiger partial charge < -0.3 is 15.1 Å². The molecule has 2 aromatic rings. The third-order valence-electron chi connectivity index (χ3n) is 3.28. The third-order valence-corrected chi connectivity index (χ3v) is 3.84. The Kier molecular flexibility index (Phi) is 5.97. The van der Waals surface area contributed by atoms with Crippen LogP contribution >= 0.6 is 23.2 Å². The second kappa shape index (κ2) is 7.95. The fourth-order valence-corrected chi connectivity index (χ4v) is 2.65. The molecule has 23 heavy (non-hydrogen) atoms. The quantitative estimate of drug-likeness (QED) is 0.712. The molecule has 5 heteroatoms. The van der Waals surface area contributed by atoms with Crippen molar-refractivity contribution in [2.24, 2.45) is 0 Å². The molecule has 120 valence electrons. The van der Waals surface area contributed by atoms with Crippen molar-refractivity contribution in [3.8, 4) is 0 Å². The first-order valence-corrected chi connectivity index (χ1v) is 7.75. The molecule has 0 atom stereocenters. The van der Waals surface area contributed by atoms with Crippen LogP contribution in [0.15, 0.2) is 60.6 Å². The van der Waals surface area contributed by atoms with Gasteiger partial charge in [0, 0.05) is 29.2 Å². The lowest BCUT2D eigenvalue weighted by Crippen LogP contribution is -2.18. The summed E-state index contributed by atoms with van der Waals surface area (Å²) < 4.78 is 0. The average Bonchev–Trinajstić information content (AvgIpc) is 2.50. The van der Waals surface area contributed by atoms with Crippen LogP contribution in [-0.2, 0) is 0 Å². The second-order valence-corrected chi connectivity index (χ2v) is 5.83. The van der Waals surface area contributed by atoms with Gasteiger partial charge in [-0.2, -0.15) is 0 Å². The van der Waals surface area contributed by atoms with Gasteiger partial charge in [0.05, 0.1) is 0 Å².